The molecule has 2 unspecified atom stereocenters. The topological polar surface area (TPSA) is 43.7 Å². The minimum atomic E-state index is -0.556. The first-order valence-corrected chi connectivity index (χ1v) is 7.11. The number of rotatable bonds is 2. The summed E-state index contributed by atoms with van der Waals surface area (Å²) in [5.74, 6) is 0. The zero-order valence-electron chi connectivity index (χ0n) is 12.7. The second-order valence-corrected chi connectivity index (χ2v) is 8.32. The van der Waals surface area contributed by atoms with Crippen molar-refractivity contribution in [1.82, 2.24) is 4.90 Å². The number of hydrogen-bond acceptors (Lipinski definition) is 3. The van der Waals surface area contributed by atoms with Gasteiger partial charge in [-0.05, 0) is 39.0 Å². The molecule has 3 nitrogen and oxygen atoms in total. The van der Waals surface area contributed by atoms with E-state index < -0.39 is 6.10 Å². The smallest absolute Gasteiger partial charge is 0.0843 e. The van der Waals surface area contributed by atoms with E-state index in [9.17, 15) is 10.2 Å². The third-order valence-corrected chi connectivity index (χ3v) is 4.93. The highest BCUT2D eigenvalue weighted by molar-refractivity contribution is 5.22. The van der Waals surface area contributed by atoms with Crippen LogP contribution in [0.1, 0.15) is 54.4 Å². The summed E-state index contributed by atoms with van der Waals surface area (Å²) < 4.78 is 0. The lowest BCUT2D eigenvalue weighted by molar-refractivity contribution is 0.0297. The van der Waals surface area contributed by atoms with Crippen molar-refractivity contribution in [3.05, 3.63) is 0 Å². The van der Waals surface area contributed by atoms with Crippen molar-refractivity contribution in [3.63, 3.8) is 0 Å². The molecular formula is C15H29NO2. The van der Waals surface area contributed by atoms with Gasteiger partial charge in [-0.3, -0.25) is 4.90 Å². The molecule has 2 aliphatic rings. The Morgan fingerprint density at radius 2 is 1.72 bits per heavy atom. The summed E-state index contributed by atoms with van der Waals surface area (Å²) in [7, 11) is 0. The zero-order valence-corrected chi connectivity index (χ0v) is 12.7. The maximum absolute atomic E-state index is 10.1. The van der Waals surface area contributed by atoms with Gasteiger partial charge in [-0.25, -0.2) is 0 Å². The molecule has 18 heavy (non-hydrogen) atoms. The predicted molar refractivity (Wildman–Crippen MR) is 73.4 cm³/mol. The van der Waals surface area contributed by atoms with E-state index >= 15 is 0 Å². The lowest BCUT2D eigenvalue weighted by Gasteiger charge is -2.45. The normalized spacial score (nSPS) is 38.7. The first-order chi connectivity index (χ1) is 8.04. The summed E-state index contributed by atoms with van der Waals surface area (Å²) in [6, 6.07) is 0.932. The molecule has 106 valence electrons. The van der Waals surface area contributed by atoms with Gasteiger partial charge in [0.05, 0.1) is 12.7 Å². The second-order valence-electron chi connectivity index (χ2n) is 8.32. The van der Waals surface area contributed by atoms with Gasteiger partial charge < -0.3 is 10.2 Å². The highest BCUT2D eigenvalue weighted by atomic mass is 16.3. The van der Waals surface area contributed by atoms with E-state index in [1.807, 2.05) is 0 Å². The molecule has 1 saturated heterocycles. The van der Waals surface area contributed by atoms with Crippen LogP contribution in [-0.4, -0.2) is 45.4 Å². The number of aliphatic hydroxyl groups is 2. The number of piperidine rings is 1. The Balaban J connectivity index is 2.29. The molecule has 1 aliphatic heterocycles. The fourth-order valence-electron chi connectivity index (χ4n) is 3.91. The van der Waals surface area contributed by atoms with Crippen LogP contribution < -0.4 is 0 Å². The van der Waals surface area contributed by atoms with Crippen LogP contribution >= 0.6 is 0 Å². The molecule has 4 atom stereocenters. The maximum atomic E-state index is 10.1. The molecule has 0 spiro atoms. The SMILES string of the molecule is CC(C)(C)C1C[C@@]2(C(O)CO)C[C@H]2N1C(C)(C)C. The molecule has 2 rings (SSSR count). The first-order valence-electron chi connectivity index (χ1n) is 7.11. The van der Waals surface area contributed by atoms with Crippen LogP contribution in [-0.2, 0) is 0 Å². The Morgan fingerprint density at radius 1 is 1.17 bits per heavy atom. The minimum absolute atomic E-state index is 0.0417. The average molecular weight is 255 g/mol. The van der Waals surface area contributed by atoms with Gasteiger partial charge in [0.2, 0.25) is 0 Å². The molecule has 1 heterocycles. The zero-order chi connectivity index (χ0) is 13.9. The van der Waals surface area contributed by atoms with Crippen molar-refractivity contribution in [1.29, 1.82) is 0 Å². The van der Waals surface area contributed by atoms with E-state index in [0.717, 1.165) is 12.8 Å². The number of nitrogens with zero attached hydrogens (tertiary/aromatic N) is 1. The number of hydrogen-bond donors (Lipinski definition) is 2. The largest absolute Gasteiger partial charge is 0.394 e. The fourth-order valence-corrected chi connectivity index (χ4v) is 3.91. The Kier molecular flexibility index (Phi) is 3.13. The Morgan fingerprint density at radius 3 is 2.06 bits per heavy atom. The quantitative estimate of drug-likeness (QED) is 0.793. The fraction of sp³-hybridized carbons (Fsp3) is 1.00. The van der Waals surface area contributed by atoms with Crippen molar-refractivity contribution >= 4 is 0 Å². The lowest BCUT2D eigenvalue weighted by atomic mass is 9.79. The Hall–Kier alpha value is -0.120. The van der Waals surface area contributed by atoms with Crippen LogP contribution in [0.2, 0.25) is 0 Å². The molecule has 1 aliphatic carbocycles. The molecule has 2 fully saturated rings. The van der Waals surface area contributed by atoms with Gasteiger partial charge in [0.15, 0.2) is 0 Å². The summed E-state index contributed by atoms with van der Waals surface area (Å²) in [4.78, 5) is 2.59. The summed E-state index contributed by atoms with van der Waals surface area (Å²) in [5, 5.41) is 19.4. The van der Waals surface area contributed by atoms with E-state index in [2.05, 4.69) is 46.4 Å². The van der Waals surface area contributed by atoms with Gasteiger partial charge in [0.1, 0.15) is 0 Å². The monoisotopic (exact) mass is 255 g/mol. The van der Waals surface area contributed by atoms with Crippen molar-refractivity contribution in [2.75, 3.05) is 6.61 Å². The predicted octanol–water partition coefficient (Wildman–Crippen LogP) is 2.02. The average Bonchev–Trinajstić information content (AvgIpc) is 2.80. The number of aliphatic hydroxyl groups excluding tert-OH is 2. The summed E-state index contributed by atoms with van der Waals surface area (Å²) in [5.41, 5.74) is 0.291. The van der Waals surface area contributed by atoms with Crippen LogP contribution in [0.25, 0.3) is 0 Å². The van der Waals surface area contributed by atoms with Crippen molar-refractivity contribution in [2.24, 2.45) is 10.8 Å². The van der Waals surface area contributed by atoms with Crippen LogP contribution in [0.3, 0.4) is 0 Å². The number of fused-ring (bicyclic) bond motifs is 1. The molecule has 0 aromatic heterocycles. The summed E-state index contributed by atoms with van der Waals surface area (Å²) in [6.07, 6.45) is 1.50. The summed E-state index contributed by atoms with van der Waals surface area (Å²) >= 11 is 0. The molecular weight excluding hydrogens is 226 g/mol. The van der Waals surface area contributed by atoms with Crippen molar-refractivity contribution < 1.29 is 10.2 Å². The van der Waals surface area contributed by atoms with Gasteiger partial charge in [0, 0.05) is 23.0 Å². The number of likely N-dealkylation sites (tertiary alicyclic amines) is 1. The third-order valence-electron chi connectivity index (χ3n) is 4.93. The van der Waals surface area contributed by atoms with Gasteiger partial charge in [-0.1, -0.05) is 20.8 Å². The molecule has 0 radical (unpaired) electrons. The molecule has 0 bridgehead atoms. The van der Waals surface area contributed by atoms with E-state index in [1.54, 1.807) is 0 Å². The molecule has 3 heteroatoms. The van der Waals surface area contributed by atoms with Gasteiger partial charge in [-0.2, -0.15) is 0 Å². The molecule has 0 aromatic carbocycles. The third kappa shape index (κ3) is 2.00. The molecule has 1 saturated carbocycles. The van der Waals surface area contributed by atoms with Crippen LogP contribution in [0.15, 0.2) is 0 Å². The van der Waals surface area contributed by atoms with Gasteiger partial charge in [-0.15, -0.1) is 0 Å². The lowest BCUT2D eigenvalue weighted by Crippen LogP contribution is -2.51. The van der Waals surface area contributed by atoms with E-state index in [1.165, 1.54) is 0 Å². The highest BCUT2D eigenvalue weighted by Gasteiger charge is 2.70. The molecule has 0 aromatic rings. The molecule has 0 amide bonds. The van der Waals surface area contributed by atoms with E-state index in [-0.39, 0.29) is 23.0 Å². The standard InChI is InChI=1S/C15H29NO2/c1-13(2,3)10-7-15(12(18)9-17)8-11(15)16(10)14(4,5)6/h10-12,17-18H,7-9H2,1-6H3/t10?,11-,12?,15-/m1/s1. The minimum Gasteiger partial charge on any atom is -0.394 e. The van der Waals surface area contributed by atoms with Crippen LogP contribution in [0, 0.1) is 10.8 Å². The Labute approximate surface area is 111 Å². The van der Waals surface area contributed by atoms with Crippen molar-refractivity contribution in [3.8, 4) is 0 Å². The van der Waals surface area contributed by atoms with Gasteiger partial charge in [0.25, 0.3) is 0 Å². The van der Waals surface area contributed by atoms with Crippen LogP contribution in [0.4, 0.5) is 0 Å². The summed E-state index contributed by atoms with van der Waals surface area (Å²) in [6.45, 7) is 13.5. The molecule has 2 N–H and O–H groups in total. The van der Waals surface area contributed by atoms with E-state index in [4.69, 9.17) is 0 Å². The first kappa shape index (κ1) is 14.3. The Bertz CT molecular complexity index is 328. The second kappa shape index (κ2) is 3.94. The highest BCUT2D eigenvalue weighted by Crippen LogP contribution is 2.65. The maximum Gasteiger partial charge on any atom is 0.0843 e. The van der Waals surface area contributed by atoms with E-state index in [0.29, 0.717) is 12.1 Å². The van der Waals surface area contributed by atoms with Crippen molar-refractivity contribution in [2.45, 2.75) is 78.1 Å². The van der Waals surface area contributed by atoms with Gasteiger partial charge >= 0.3 is 0 Å². The van der Waals surface area contributed by atoms with Crippen LogP contribution in [0.5, 0.6) is 0 Å².